The smallest absolute Gasteiger partial charge is 0.337 e. The van der Waals surface area contributed by atoms with Crippen molar-refractivity contribution in [3.05, 3.63) is 294 Å². The zero-order valence-electron chi connectivity index (χ0n) is 56.5. The number of hydrogen-bond acceptors (Lipinski definition) is 16. The first-order valence-corrected chi connectivity index (χ1v) is 35.9. The van der Waals surface area contributed by atoms with Crippen LogP contribution in [0.1, 0.15) is 76.0 Å². The summed E-state index contributed by atoms with van der Waals surface area (Å²) in [6.07, 6.45) is 5.82. The van der Waals surface area contributed by atoms with Gasteiger partial charge in [-0.2, -0.15) is 0 Å². The number of ether oxygens (including phenoxy) is 3. The molecule has 536 valence electrons. The van der Waals surface area contributed by atoms with E-state index in [9.17, 15) is 28.8 Å². The van der Waals surface area contributed by atoms with E-state index in [1.165, 1.54) is 38.4 Å². The summed E-state index contributed by atoms with van der Waals surface area (Å²) in [5.41, 5.74) is 3.38. The summed E-state index contributed by atoms with van der Waals surface area (Å²) < 4.78 is 18.3. The van der Waals surface area contributed by atoms with E-state index in [-0.39, 0.29) is 34.9 Å². The maximum Gasteiger partial charge on any atom is 0.337 e. The molecule has 26 heteroatoms. The quantitative estimate of drug-likeness (QED) is 0.0761. The van der Waals surface area contributed by atoms with Crippen molar-refractivity contribution >= 4 is 114 Å². The first kappa shape index (κ1) is 78.7. The minimum absolute atomic E-state index is 0.0215. The van der Waals surface area contributed by atoms with Crippen molar-refractivity contribution in [2.75, 3.05) is 78.5 Å². The van der Waals surface area contributed by atoms with Crippen molar-refractivity contribution < 1.29 is 48.1 Å². The van der Waals surface area contributed by atoms with Crippen LogP contribution in [0.4, 0.5) is 0 Å². The van der Waals surface area contributed by atoms with Gasteiger partial charge in [0.05, 0.1) is 11.1 Å². The third-order valence-corrected chi connectivity index (χ3v) is 18.2. The van der Waals surface area contributed by atoms with Crippen molar-refractivity contribution in [3.63, 3.8) is 0 Å². The molecule has 3 amide bonds. The van der Waals surface area contributed by atoms with Crippen LogP contribution in [0.5, 0.6) is 34.9 Å². The van der Waals surface area contributed by atoms with Crippen molar-refractivity contribution in [3.8, 4) is 34.9 Å². The third-order valence-electron chi connectivity index (χ3n) is 16.3. The number of rotatable bonds is 14. The molecular weight excluding hydrogens is 1540 g/mol. The number of pyridine rings is 4. The number of ketones is 2. The molecule has 0 radical (unpaired) electrons. The fraction of sp³-hybridized carbons (Fsp3) is 0.205. The molecule has 8 heterocycles. The van der Waals surface area contributed by atoms with Gasteiger partial charge in [-0.25, -0.2) is 24.7 Å². The molecule has 4 aliphatic rings. The SMILES string of the molecule is CC(=O)c1ccc(Br)nc1.CC(=O)c1ccc(Oc2cccc(Cl)c2)nc1.Clc1cccc(Br)c1.O=C(O)c1ccc(Oc2cccc(Cl)c2)nc1.O=C(c1ccccc1)N1CCN(C2CN(C(=O)c3ccc(Oc4cccc(Cl)c4)nc3)C2)CC1.O=C(c1ccccc1)N1CCN(C2CNC2)CC1. The number of aromatic nitrogens is 4. The molecule has 104 heavy (non-hydrogen) atoms. The van der Waals surface area contributed by atoms with Gasteiger partial charge in [-0.15, -0.1) is 0 Å². The van der Waals surface area contributed by atoms with Crippen LogP contribution >= 0.6 is 78.3 Å². The summed E-state index contributed by atoms with van der Waals surface area (Å²) >= 11 is 29.7. The van der Waals surface area contributed by atoms with Crippen molar-refractivity contribution in [1.82, 2.24) is 49.8 Å². The Bertz CT molecular complexity index is 4350. The summed E-state index contributed by atoms with van der Waals surface area (Å²) in [5, 5.41) is 14.5. The largest absolute Gasteiger partial charge is 0.478 e. The fourth-order valence-corrected chi connectivity index (χ4v) is 12.0. The van der Waals surface area contributed by atoms with Gasteiger partial charge in [0, 0.05) is 180 Å². The highest BCUT2D eigenvalue weighted by atomic mass is 79.9. The van der Waals surface area contributed by atoms with Crippen molar-refractivity contribution in [2.45, 2.75) is 25.9 Å². The standard InChI is InChI=1S/C26H25ClN4O3.C14H19N3O.C13H10ClNO2.C12H8ClNO3.C7H6BrNO.C6H4BrCl/c27-21-7-4-8-23(15-21)34-24-10-9-20(16-28-24)26(33)31-17-22(18-31)29-11-13-30(14-12-29)25(32)19-5-2-1-3-6-19;18-14(12-4-2-1-3-5-12)17-8-6-16(7-9-17)13-10-15-11-13;1-9(16)10-5-6-13(15-8-10)17-12-4-2-3-11(14)7-12;13-9-2-1-3-10(6-9)17-11-5-4-8(7-14-11)12(15)16;1-5(10)6-2-3-7(8)9-4-6;7-5-2-1-3-6(8)4-5/h1-10,15-16,22H,11-14,17-18H2;1-5,13,15H,6-11H2;2-8H,1H3;1-7H,(H,15,16);2-4H,1H3;1-4H. The Morgan fingerprint density at radius 3 is 1.09 bits per heavy atom. The zero-order valence-corrected chi connectivity index (χ0v) is 62.7. The van der Waals surface area contributed by atoms with E-state index in [1.54, 1.807) is 122 Å². The van der Waals surface area contributed by atoms with Gasteiger partial charge in [-0.05, 0) is 157 Å². The molecule has 0 spiro atoms. The molecule has 20 nitrogen and oxygen atoms in total. The molecule has 0 atom stereocenters. The van der Waals surface area contributed by atoms with Gasteiger partial charge >= 0.3 is 5.97 Å². The Kier molecular flexibility index (Phi) is 30.2. The molecule has 6 aromatic carbocycles. The number of benzene rings is 6. The molecule has 4 fully saturated rings. The molecule has 0 bridgehead atoms. The molecule has 0 saturated carbocycles. The van der Waals surface area contributed by atoms with Crippen molar-refractivity contribution in [2.24, 2.45) is 0 Å². The highest BCUT2D eigenvalue weighted by Gasteiger charge is 2.37. The fourth-order valence-electron chi connectivity index (χ4n) is 10.5. The number of aromatic carboxylic acids is 1. The average Bonchev–Trinajstić information content (AvgIpc) is 0.790. The maximum atomic E-state index is 12.8. The second-order valence-electron chi connectivity index (χ2n) is 23.6. The van der Waals surface area contributed by atoms with E-state index < -0.39 is 5.97 Å². The van der Waals surface area contributed by atoms with Crippen LogP contribution in [0, 0.1) is 0 Å². The zero-order chi connectivity index (χ0) is 73.9. The lowest BCUT2D eigenvalue weighted by Gasteiger charge is -2.48. The predicted molar refractivity (Wildman–Crippen MR) is 410 cm³/mol. The highest BCUT2D eigenvalue weighted by molar-refractivity contribution is 9.10. The number of likely N-dealkylation sites (tertiary alicyclic amines) is 1. The van der Waals surface area contributed by atoms with E-state index in [0.29, 0.717) is 105 Å². The van der Waals surface area contributed by atoms with Gasteiger partial charge in [-0.3, -0.25) is 33.8 Å². The van der Waals surface area contributed by atoms with Crippen LogP contribution in [0.3, 0.4) is 0 Å². The summed E-state index contributed by atoms with van der Waals surface area (Å²) in [7, 11) is 0. The van der Waals surface area contributed by atoms with Crippen LogP contribution < -0.4 is 19.5 Å². The second-order valence-corrected chi connectivity index (χ2v) is 27.1. The van der Waals surface area contributed by atoms with E-state index in [4.69, 9.17) is 65.7 Å². The number of carbonyl (C=O) groups is 6. The molecule has 0 unspecified atom stereocenters. The van der Waals surface area contributed by atoms with Crippen LogP contribution in [0.15, 0.2) is 240 Å². The maximum absolute atomic E-state index is 12.8. The van der Waals surface area contributed by atoms with Gasteiger partial charge in [0.25, 0.3) is 17.7 Å². The van der Waals surface area contributed by atoms with Crippen molar-refractivity contribution in [1.29, 1.82) is 0 Å². The number of nitrogens with one attached hydrogen (secondary N) is 1. The topological polar surface area (TPSA) is 230 Å². The minimum Gasteiger partial charge on any atom is -0.478 e. The van der Waals surface area contributed by atoms with Gasteiger partial charge < -0.3 is 39.3 Å². The Balaban J connectivity index is 0.000000154. The Labute approximate surface area is 639 Å². The first-order chi connectivity index (χ1) is 50.2. The van der Waals surface area contributed by atoms with Crippen LogP contribution in [0.2, 0.25) is 20.1 Å². The summed E-state index contributed by atoms with van der Waals surface area (Å²) in [4.78, 5) is 96.7. The predicted octanol–water partition coefficient (Wildman–Crippen LogP) is 16.3. The number of halogens is 6. The number of carboxylic acid groups (broad SMARTS) is 1. The van der Waals surface area contributed by atoms with Crippen LogP contribution in [-0.4, -0.2) is 175 Å². The van der Waals surface area contributed by atoms with E-state index >= 15 is 0 Å². The Morgan fingerprint density at radius 1 is 0.394 bits per heavy atom. The van der Waals surface area contributed by atoms with E-state index in [0.717, 1.165) is 77.6 Å². The number of hydrogen-bond donors (Lipinski definition) is 2. The van der Waals surface area contributed by atoms with Crippen LogP contribution in [0.25, 0.3) is 0 Å². The molecule has 0 aliphatic carbocycles. The van der Waals surface area contributed by atoms with E-state index in [1.807, 2.05) is 99.6 Å². The molecule has 4 saturated heterocycles. The second kappa shape index (κ2) is 40.0. The number of nitrogens with zero attached hydrogens (tertiary/aromatic N) is 9. The third kappa shape index (κ3) is 24.9. The molecule has 4 aromatic heterocycles. The van der Waals surface area contributed by atoms with E-state index in [2.05, 4.69) is 66.9 Å². The number of piperazine rings is 2. The summed E-state index contributed by atoms with van der Waals surface area (Å²) in [5.74, 6) is 2.12. The molecule has 2 N–H and O–H groups in total. The van der Waals surface area contributed by atoms with Crippen LogP contribution in [-0.2, 0) is 0 Å². The Morgan fingerprint density at radius 2 is 0.760 bits per heavy atom. The lowest BCUT2D eigenvalue weighted by atomic mass is 10.0. The monoisotopic (exact) mass is 1610 g/mol. The van der Waals surface area contributed by atoms with Gasteiger partial charge in [-0.1, -0.05) is 123 Å². The number of carbonyl (C=O) groups excluding carboxylic acids is 5. The number of amides is 3. The average molecular weight is 1610 g/mol. The summed E-state index contributed by atoms with van der Waals surface area (Å²) in [6.45, 7) is 13.4. The molecule has 10 aromatic rings. The number of carboxylic acids is 1. The lowest BCUT2D eigenvalue weighted by molar-refractivity contribution is 0.00849. The Hall–Kier alpha value is -9.46. The first-order valence-electron chi connectivity index (χ1n) is 32.8. The summed E-state index contributed by atoms with van der Waals surface area (Å²) in [6, 6.07) is 61.6. The minimum atomic E-state index is -1.02. The molecule has 4 aliphatic heterocycles. The number of Topliss-reactive ketones (excluding diaryl/α,β-unsaturated/α-hetero) is 2. The van der Waals surface area contributed by atoms with Gasteiger partial charge in [0.2, 0.25) is 17.6 Å². The van der Waals surface area contributed by atoms with Gasteiger partial charge in [0.1, 0.15) is 21.9 Å². The molecule has 14 rings (SSSR count). The lowest BCUT2D eigenvalue weighted by Crippen LogP contribution is -2.64. The normalized spacial score (nSPS) is 14.1. The molecular formula is C78H72Br2Cl4N10O10. The van der Waals surface area contributed by atoms with Gasteiger partial charge in [0.15, 0.2) is 11.6 Å². The highest BCUT2D eigenvalue weighted by Crippen LogP contribution is 2.28.